The van der Waals surface area contributed by atoms with E-state index in [1.54, 1.807) is 0 Å². The van der Waals surface area contributed by atoms with Crippen LogP contribution in [0, 0.1) is 10.1 Å². The number of carboxylic acids is 1. The largest absolute Gasteiger partial charge is 0.481 e. The van der Waals surface area contributed by atoms with Crippen LogP contribution in [0.3, 0.4) is 0 Å². The van der Waals surface area contributed by atoms with Gasteiger partial charge >= 0.3 is 11.9 Å². The van der Waals surface area contributed by atoms with Gasteiger partial charge in [0.2, 0.25) is 0 Å². The van der Waals surface area contributed by atoms with Gasteiger partial charge in [0.1, 0.15) is 12.6 Å². The van der Waals surface area contributed by atoms with Crippen molar-refractivity contribution in [3.8, 4) is 0 Å². The van der Waals surface area contributed by atoms with Crippen molar-refractivity contribution in [2.75, 3.05) is 0 Å². The van der Waals surface area contributed by atoms with E-state index in [0.717, 1.165) is 0 Å². The number of carbonyl (C=O) groups excluding carboxylic acids is 1. The highest BCUT2D eigenvalue weighted by atomic mass is 79.9. The molecule has 0 saturated carbocycles. The van der Waals surface area contributed by atoms with Crippen LogP contribution in [-0.2, 0) is 20.9 Å². The summed E-state index contributed by atoms with van der Waals surface area (Å²) in [6, 6.07) is 4.21. The van der Waals surface area contributed by atoms with Crippen molar-refractivity contribution < 1.29 is 24.4 Å². The number of hydrogen-bond acceptors (Lipinski definition) is 6. The van der Waals surface area contributed by atoms with Gasteiger partial charge < -0.3 is 15.6 Å². The number of hydrogen-bond donors (Lipinski definition) is 2. The minimum absolute atomic E-state index is 0. The summed E-state index contributed by atoms with van der Waals surface area (Å²) >= 11 is 0. The van der Waals surface area contributed by atoms with Crippen LogP contribution >= 0.6 is 17.0 Å². The van der Waals surface area contributed by atoms with E-state index < -0.39 is 29.3 Å². The number of nitro benzene ring substituents is 1. The molecule has 110 valence electrons. The van der Waals surface area contributed by atoms with Crippen molar-refractivity contribution in [1.82, 2.24) is 0 Å². The average Bonchev–Trinajstić information content (AvgIpc) is 2.35. The van der Waals surface area contributed by atoms with Crippen molar-refractivity contribution in [3.63, 3.8) is 0 Å². The SMILES string of the molecule is Br.NC(CC(=O)O)C(=O)OCc1ccc([N+](=O)[O-])cc1. The number of aliphatic carboxylic acids is 1. The summed E-state index contributed by atoms with van der Waals surface area (Å²) in [7, 11) is 0. The number of halogens is 1. The zero-order valence-corrected chi connectivity index (χ0v) is 11.9. The highest BCUT2D eigenvalue weighted by Crippen LogP contribution is 2.12. The average molecular weight is 349 g/mol. The second-order valence-electron chi connectivity index (χ2n) is 3.74. The third kappa shape index (κ3) is 5.76. The first-order chi connectivity index (χ1) is 8.90. The fourth-order valence-corrected chi connectivity index (χ4v) is 1.25. The van der Waals surface area contributed by atoms with E-state index in [-0.39, 0.29) is 29.3 Å². The van der Waals surface area contributed by atoms with Crippen LogP contribution in [0.5, 0.6) is 0 Å². The fourth-order valence-electron chi connectivity index (χ4n) is 1.25. The second kappa shape index (κ2) is 8.23. The molecule has 0 saturated heterocycles. The third-order valence-corrected chi connectivity index (χ3v) is 2.23. The van der Waals surface area contributed by atoms with Crippen molar-refractivity contribution >= 4 is 34.6 Å². The molecule has 0 aliphatic rings. The molecular formula is C11H13BrN2O6. The van der Waals surface area contributed by atoms with Crippen LogP contribution in [0.1, 0.15) is 12.0 Å². The van der Waals surface area contributed by atoms with E-state index in [4.69, 9.17) is 15.6 Å². The Balaban J connectivity index is 0.00000361. The Morgan fingerprint density at radius 1 is 1.35 bits per heavy atom. The summed E-state index contributed by atoms with van der Waals surface area (Å²) in [5.41, 5.74) is 5.77. The molecule has 0 aliphatic heterocycles. The van der Waals surface area contributed by atoms with Crippen LogP contribution in [0.15, 0.2) is 24.3 Å². The fraction of sp³-hybridized carbons (Fsp3) is 0.273. The van der Waals surface area contributed by atoms with E-state index in [1.165, 1.54) is 24.3 Å². The van der Waals surface area contributed by atoms with E-state index in [9.17, 15) is 19.7 Å². The molecule has 1 atom stereocenters. The zero-order chi connectivity index (χ0) is 14.4. The molecule has 0 heterocycles. The van der Waals surface area contributed by atoms with Crippen molar-refractivity contribution in [1.29, 1.82) is 0 Å². The Labute approximate surface area is 124 Å². The maximum Gasteiger partial charge on any atom is 0.323 e. The Morgan fingerprint density at radius 3 is 2.35 bits per heavy atom. The maximum absolute atomic E-state index is 11.3. The molecule has 1 aromatic rings. The summed E-state index contributed by atoms with van der Waals surface area (Å²) < 4.78 is 4.79. The maximum atomic E-state index is 11.3. The summed E-state index contributed by atoms with van der Waals surface area (Å²) in [5.74, 6) is -2.03. The number of carbonyl (C=O) groups is 2. The lowest BCUT2D eigenvalue weighted by atomic mass is 10.2. The van der Waals surface area contributed by atoms with Crippen molar-refractivity contribution in [3.05, 3.63) is 39.9 Å². The number of esters is 1. The summed E-state index contributed by atoms with van der Waals surface area (Å²) in [6.07, 6.45) is -0.515. The van der Waals surface area contributed by atoms with Gasteiger partial charge in [-0.1, -0.05) is 0 Å². The Kier molecular flexibility index (Phi) is 7.40. The lowest BCUT2D eigenvalue weighted by Crippen LogP contribution is -2.34. The van der Waals surface area contributed by atoms with E-state index >= 15 is 0 Å². The Bertz CT molecular complexity index is 490. The number of carboxylic acid groups (broad SMARTS) is 1. The number of nitrogens with two attached hydrogens (primary N) is 1. The summed E-state index contributed by atoms with van der Waals surface area (Å²) in [4.78, 5) is 31.5. The van der Waals surface area contributed by atoms with Gasteiger partial charge in [-0.3, -0.25) is 19.7 Å². The highest BCUT2D eigenvalue weighted by molar-refractivity contribution is 8.93. The van der Waals surface area contributed by atoms with Gasteiger partial charge in [0, 0.05) is 12.1 Å². The number of benzene rings is 1. The Hall–Kier alpha value is -2.00. The van der Waals surface area contributed by atoms with Crippen LogP contribution < -0.4 is 5.73 Å². The van der Waals surface area contributed by atoms with Gasteiger partial charge in [-0.2, -0.15) is 0 Å². The highest BCUT2D eigenvalue weighted by Gasteiger charge is 2.18. The topological polar surface area (TPSA) is 133 Å². The molecule has 0 bridgehead atoms. The van der Waals surface area contributed by atoms with Crippen molar-refractivity contribution in [2.45, 2.75) is 19.1 Å². The standard InChI is InChI=1S/C11H12N2O6.BrH/c12-9(5-10(14)15)11(16)19-6-7-1-3-8(4-2-7)13(17)18;/h1-4,9H,5-6,12H2,(H,14,15);1H. The van der Waals surface area contributed by atoms with Gasteiger partial charge in [-0.05, 0) is 17.7 Å². The van der Waals surface area contributed by atoms with E-state index in [2.05, 4.69) is 0 Å². The van der Waals surface area contributed by atoms with Gasteiger partial charge in [-0.15, -0.1) is 17.0 Å². The van der Waals surface area contributed by atoms with Gasteiger partial charge in [-0.25, -0.2) is 0 Å². The molecule has 0 fully saturated rings. The first-order valence-electron chi connectivity index (χ1n) is 5.27. The quantitative estimate of drug-likeness (QED) is 0.445. The number of rotatable bonds is 6. The van der Waals surface area contributed by atoms with Crippen LogP contribution in [0.25, 0.3) is 0 Å². The Morgan fingerprint density at radius 2 is 1.90 bits per heavy atom. The molecule has 0 radical (unpaired) electrons. The predicted octanol–water partition coefficient (Wildman–Crippen LogP) is 1.02. The smallest absolute Gasteiger partial charge is 0.323 e. The predicted molar refractivity (Wildman–Crippen MR) is 73.4 cm³/mol. The molecule has 1 rings (SSSR count). The first kappa shape index (κ1) is 18.0. The number of ether oxygens (including phenoxy) is 1. The normalized spacial score (nSPS) is 11.1. The zero-order valence-electron chi connectivity index (χ0n) is 10.2. The van der Waals surface area contributed by atoms with Gasteiger partial charge in [0.15, 0.2) is 0 Å². The molecule has 0 spiro atoms. The number of non-ortho nitro benzene ring substituents is 1. The summed E-state index contributed by atoms with van der Waals surface area (Å²) in [6.45, 7) is -0.121. The minimum Gasteiger partial charge on any atom is -0.481 e. The van der Waals surface area contributed by atoms with Crippen LogP contribution in [-0.4, -0.2) is 28.0 Å². The van der Waals surface area contributed by atoms with Crippen LogP contribution in [0.4, 0.5) is 5.69 Å². The molecule has 8 nitrogen and oxygen atoms in total. The van der Waals surface area contributed by atoms with E-state index in [0.29, 0.717) is 5.56 Å². The monoisotopic (exact) mass is 348 g/mol. The van der Waals surface area contributed by atoms with Gasteiger partial charge in [0.25, 0.3) is 5.69 Å². The molecule has 0 aliphatic carbocycles. The van der Waals surface area contributed by atoms with Gasteiger partial charge in [0.05, 0.1) is 11.3 Å². The lowest BCUT2D eigenvalue weighted by Gasteiger charge is -2.09. The molecule has 0 amide bonds. The molecule has 9 heteroatoms. The lowest BCUT2D eigenvalue weighted by molar-refractivity contribution is -0.384. The second-order valence-corrected chi connectivity index (χ2v) is 3.74. The third-order valence-electron chi connectivity index (χ3n) is 2.23. The van der Waals surface area contributed by atoms with E-state index in [1.807, 2.05) is 0 Å². The molecule has 1 unspecified atom stereocenters. The number of nitro groups is 1. The molecule has 20 heavy (non-hydrogen) atoms. The first-order valence-corrected chi connectivity index (χ1v) is 5.27. The molecule has 0 aromatic heterocycles. The molecular weight excluding hydrogens is 336 g/mol. The van der Waals surface area contributed by atoms with Crippen molar-refractivity contribution in [2.24, 2.45) is 5.73 Å². The summed E-state index contributed by atoms with van der Waals surface area (Å²) in [5, 5.41) is 18.9. The number of nitrogens with zero attached hydrogens (tertiary/aromatic N) is 1. The molecule has 1 aromatic carbocycles. The van der Waals surface area contributed by atoms with Crippen LogP contribution in [0.2, 0.25) is 0 Å². The minimum atomic E-state index is -1.23. The molecule has 3 N–H and O–H groups in total.